The fourth-order valence-electron chi connectivity index (χ4n) is 6.59. The Morgan fingerprint density at radius 1 is 0.781 bits per heavy atom. The van der Waals surface area contributed by atoms with Crippen LogP contribution in [-0.4, -0.2) is 56.0 Å². The van der Waals surface area contributed by atoms with Crippen molar-refractivity contribution in [1.82, 2.24) is 0 Å². The number of hydrogen-bond donors (Lipinski definition) is 1. The van der Waals surface area contributed by atoms with E-state index in [1.54, 1.807) is 27.7 Å². The third-order valence-corrected chi connectivity index (χ3v) is 10.7. The highest BCUT2D eigenvalue weighted by molar-refractivity contribution is 8.13. The van der Waals surface area contributed by atoms with Gasteiger partial charge in [0.25, 0.3) is 10.1 Å². The van der Waals surface area contributed by atoms with Crippen LogP contribution in [0.5, 0.6) is 0 Å². The van der Waals surface area contributed by atoms with Gasteiger partial charge in [-0.05, 0) is 36.5 Å². The molecule has 1 N–H and O–H groups in total. The van der Waals surface area contributed by atoms with E-state index in [0.717, 1.165) is 0 Å². The second-order valence-corrected chi connectivity index (χ2v) is 14.8. The molecule has 4 aliphatic rings. The Balaban J connectivity index is 0.000000181. The maximum absolute atomic E-state index is 11.9. The first-order chi connectivity index (χ1) is 14.2. The van der Waals surface area contributed by atoms with Gasteiger partial charge >= 0.3 is 0 Å². The molecule has 32 heavy (non-hydrogen) atoms. The van der Waals surface area contributed by atoms with E-state index >= 15 is 0 Å². The Labute approximate surface area is 191 Å². The molecule has 4 unspecified atom stereocenters. The van der Waals surface area contributed by atoms with Gasteiger partial charge in [0, 0.05) is 22.5 Å². The van der Waals surface area contributed by atoms with Crippen molar-refractivity contribution in [3.63, 3.8) is 0 Å². The van der Waals surface area contributed by atoms with E-state index in [9.17, 15) is 36.0 Å². The first-order valence-corrected chi connectivity index (χ1v) is 14.4. The zero-order valence-corrected chi connectivity index (χ0v) is 20.7. The summed E-state index contributed by atoms with van der Waals surface area (Å²) in [4.78, 5) is 47.1. The first kappa shape index (κ1) is 25.5. The molecule has 0 radical (unpaired) electrons. The molecule has 0 heterocycles. The molecule has 0 aliphatic heterocycles. The Morgan fingerprint density at radius 2 is 1.12 bits per heavy atom. The number of hydrogen-bond acceptors (Lipinski definition) is 8. The fourth-order valence-corrected chi connectivity index (χ4v) is 9.65. The summed E-state index contributed by atoms with van der Waals surface area (Å²) in [6.07, 6.45) is 1.94. The van der Waals surface area contributed by atoms with E-state index in [0.29, 0.717) is 25.7 Å². The molecule has 4 fully saturated rings. The molecule has 0 saturated heterocycles. The number of carbonyl (C=O) groups excluding carboxylic acids is 4. The summed E-state index contributed by atoms with van der Waals surface area (Å²) < 4.78 is 53.4. The molecule has 4 atom stereocenters. The Kier molecular flexibility index (Phi) is 5.70. The van der Waals surface area contributed by atoms with Crippen molar-refractivity contribution in [2.45, 2.75) is 53.4 Å². The largest absolute Gasteiger partial charge is 0.291 e. The molecule has 180 valence electrons. The van der Waals surface area contributed by atoms with Crippen molar-refractivity contribution in [2.24, 2.45) is 33.5 Å². The van der Waals surface area contributed by atoms with Gasteiger partial charge in [-0.2, -0.15) is 8.42 Å². The van der Waals surface area contributed by atoms with Crippen LogP contribution >= 0.6 is 10.7 Å². The summed E-state index contributed by atoms with van der Waals surface area (Å²) in [5.41, 5.74) is -3.56. The lowest BCUT2D eigenvalue weighted by Gasteiger charge is -2.34. The second-order valence-electron chi connectivity index (χ2n) is 10.6. The van der Waals surface area contributed by atoms with Gasteiger partial charge in [0.15, 0.2) is 0 Å². The van der Waals surface area contributed by atoms with Gasteiger partial charge in [0.1, 0.15) is 0 Å². The Morgan fingerprint density at radius 3 is 1.38 bits per heavy atom. The normalized spacial score (nSPS) is 37.1. The molecule has 12 heteroatoms. The minimum absolute atomic E-state index is 0.335. The van der Waals surface area contributed by atoms with E-state index in [1.165, 1.54) is 0 Å². The van der Waals surface area contributed by atoms with Crippen LogP contribution in [0.15, 0.2) is 0 Å². The van der Waals surface area contributed by atoms with Crippen LogP contribution < -0.4 is 0 Å². The number of Topliss-reactive ketones (excluding diaryl/α,β-unsaturated/α-hetero) is 4. The van der Waals surface area contributed by atoms with E-state index in [1.807, 2.05) is 0 Å². The van der Waals surface area contributed by atoms with Crippen molar-refractivity contribution < 1.29 is 40.6 Å². The van der Waals surface area contributed by atoms with Crippen LogP contribution in [0.2, 0.25) is 0 Å². The SMILES string of the molecule is CC1(C)C2CCC1(CS(=O)(=O)Cl)C(=O)C2=O.CC1(C)C2CCC1(CS(=O)(=O)O)C(=O)C2=O. The average Bonchev–Trinajstić information content (AvgIpc) is 3.09. The van der Waals surface area contributed by atoms with Crippen LogP contribution in [0, 0.1) is 33.5 Å². The van der Waals surface area contributed by atoms with Crippen molar-refractivity contribution in [3.05, 3.63) is 0 Å². The van der Waals surface area contributed by atoms with E-state index in [2.05, 4.69) is 0 Å². The summed E-state index contributed by atoms with van der Waals surface area (Å²) >= 11 is 0. The summed E-state index contributed by atoms with van der Waals surface area (Å²) in [6.45, 7) is 7.04. The standard InChI is InChI=1S/C10H13ClO4S.C10H14O5S/c1-9(2)6-3-4-10(9,5-16(11,14)15)8(13)7(6)12;1-9(2)6-3-4-10(9,5-16(13,14)15)8(12)7(6)11/h6H,3-5H2,1-2H3;6H,3-5H2,1-2H3,(H,13,14,15). The summed E-state index contributed by atoms with van der Waals surface area (Å²) in [5, 5.41) is 0. The molecule has 0 aromatic heterocycles. The molecule has 4 aliphatic carbocycles. The topological polar surface area (TPSA) is 157 Å². The molecule has 0 aromatic carbocycles. The molecule has 9 nitrogen and oxygen atoms in total. The highest BCUT2D eigenvalue weighted by atomic mass is 35.7. The van der Waals surface area contributed by atoms with Gasteiger partial charge in [0.2, 0.25) is 32.2 Å². The zero-order valence-electron chi connectivity index (χ0n) is 18.3. The first-order valence-electron chi connectivity index (χ1n) is 10.3. The van der Waals surface area contributed by atoms with Gasteiger partial charge in [-0.25, -0.2) is 8.42 Å². The summed E-state index contributed by atoms with van der Waals surface area (Å²) in [7, 11) is -2.78. The molecule has 4 bridgehead atoms. The van der Waals surface area contributed by atoms with Crippen LogP contribution in [0.3, 0.4) is 0 Å². The van der Waals surface area contributed by atoms with Crippen LogP contribution in [0.4, 0.5) is 0 Å². The lowest BCUT2D eigenvalue weighted by molar-refractivity contribution is -0.141. The third-order valence-electron chi connectivity index (χ3n) is 8.73. The number of ketones is 4. The number of halogens is 1. The lowest BCUT2D eigenvalue weighted by atomic mass is 9.70. The number of rotatable bonds is 4. The van der Waals surface area contributed by atoms with Crippen LogP contribution in [0.1, 0.15) is 53.4 Å². The van der Waals surface area contributed by atoms with Gasteiger partial charge in [-0.3, -0.25) is 23.7 Å². The van der Waals surface area contributed by atoms with E-state index in [-0.39, 0.29) is 11.8 Å². The van der Waals surface area contributed by atoms with Crippen molar-refractivity contribution in [2.75, 3.05) is 11.5 Å². The minimum Gasteiger partial charge on any atom is -0.291 e. The second kappa shape index (κ2) is 7.16. The molecular weight excluding hydrogens is 484 g/mol. The zero-order chi connectivity index (χ0) is 24.7. The van der Waals surface area contributed by atoms with Gasteiger partial charge in [0.05, 0.1) is 22.3 Å². The van der Waals surface area contributed by atoms with Crippen molar-refractivity contribution >= 4 is 53.0 Å². The average molecular weight is 511 g/mol. The maximum Gasteiger partial charge on any atom is 0.265 e. The van der Waals surface area contributed by atoms with Gasteiger partial charge < -0.3 is 0 Å². The molecule has 4 saturated carbocycles. The molecule has 0 aromatic rings. The molecule has 0 amide bonds. The maximum atomic E-state index is 11.9. The minimum atomic E-state index is -4.25. The Bertz CT molecular complexity index is 1050. The summed E-state index contributed by atoms with van der Waals surface area (Å²) in [5.74, 6) is -3.83. The quantitative estimate of drug-likeness (QED) is 0.336. The van der Waals surface area contributed by atoms with Crippen molar-refractivity contribution in [3.8, 4) is 0 Å². The smallest absolute Gasteiger partial charge is 0.265 e. The van der Waals surface area contributed by atoms with Crippen molar-refractivity contribution in [1.29, 1.82) is 0 Å². The third kappa shape index (κ3) is 3.42. The Hall–Kier alpha value is -1.17. The fraction of sp³-hybridized carbons (Fsp3) is 0.800. The highest BCUT2D eigenvalue weighted by Crippen LogP contribution is 2.63. The van der Waals surface area contributed by atoms with Crippen LogP contribution in [0.25, 0.3) is 0 Å². The van der Waals surface area contributed by atoms with Gasteiger partial charge in [-0.1, -0.05) is 27.7 Å². The van der Waals surface area contributed by atoms with E-state index < -0.39 is 75.5 Å². The number of fused-ring (bicyclic) bond motifs is 4. The monoisotopic (exact) mass is 510 g/mol. The van der Waals surface area contributed by atoms with Gasteiger partial charge in [-0.15, -0.1) is 0 Å². The van der Waals surface area contributed by atoms with E-state index in [4.69, 9.17) is 15.2 Å². The predicted molar refractivity (Wildman–Crippen MR) is 114 cm³/mol. The number of carbonyl (C=O) groups is 4. The summed E-state index contributed by atoms with van der Waals surface area (Å²) in [6, 6.07) is 0. The lowest BCUT2D eigenvalue weighted by Crippen LogP contribution is -2.43. The predicted octanol–water partition coefficient (Wildman–Crippen LogP) is 1.58. The molecule has 4 rings (SSSR count). The highest BCUT2D eigenvalue weighted by Gasteiger charge is 2.70. The van der Waals surface area contributed by atoms with Crippen LogP contribution in [-0.2, 0) is 38.3 Å². The molecule has 0 spiro atoms. The molecular formula is C20H27ClO9S2.